The summed E-state index contributed by atoms with van der Waals surface area (Å²) in [6.45, 7) is -0.416. The molecule has 0 radical (unpaired) electrons. The van der Waals surface area contributed by atoms with Crippen LogP contribution in [-0.2, 0) is 4.79 Å². The molecule has 0 spiro atoms. The number of amides is 3. The summed E-state index contributed by atoms with van der Waals surface area (Å²) in [4.78, 5) is 50.0. The fraction of sp³-hybridized carbons (Fsp3) is 0.100. The van der Waals surface area contributed by atoms with Crippen LogP contribution in [0.5, 0.6) is 0 Å². The van der Waals surface area contributed by atoms with Crippen LogP contribution in [0.15, 0.2) is 58.9 Å². The number of thioether (sulfide) groups is 1. The maximum Gasteiger partial charge on any atom is 0.262 e. The van der Waals surface area contributed by atoms with Crippen molar-refractivity contribution in [1.82, 2.24) is 15.1 Å². The van der Waals surface area contributed by atoms with Crippen LogP contribution >= 0.6 is 23.1 Å². The van der Waals surface area contributed by atoms with E-state index in [0.717, 1.165) is 16.2 Å². The van der Waals surface area contributed by atoms with Crippen molar-refractivity contribution in [3.8, 4) is 0 Å². The van der Waals surface area contributed by atoms with Gasteiger partial charge in [-0.05, 0) is 12.1 Å². The minimum atomic E-state index is -0.558. The number of nitrogens with zero attached hydrogens (tertiary/aromatic N) is 3. The number of aromatic nitrogens is 2. The minimum Gasteiger partial charge on any atom is -0.299 e. The van der Waals surface area contributed by atoms with E-state index in [0.29, 0.717) is 9.90 Å². The highest BCUT2D eigenvalue weighted by Crippen LogP contribution is 2.26. The maximum absolute atomic E-state index is 12.3. The molecule has 150 valence electrons. The summed E-state index contributed by atoms with van der Waals surface area (Å²) in [5.74, 6) is -1.40. The van der Waals surface area contributed by atoms with E-state index in [9.17, 15) is 19.2 Å². The molecule has 1 N–H and O–H groups in total. The summed E-state index contributed by atoms with van der Waals surface area (Å²) < 4.78 is 0.523. The van der Waals surface area contributed by atoms with E-state index in [1.807, 2.05) is 6.07 Å². The van der Waals surface area contributed by atoms with Gasteiger partial charge in [-0.15, -0.1) is 10.2 Å². The Kier molecular flexibility index (Phi) is 5.68. The Morgan fingerprint density at radius 2 is 1.57 bits per heavy atom. The van der Waals surface area contributed by atoms with Gasteiger partial charge < -0.3 is 0 Å². The molecule has 0 saturated heterocycles. The van der Waals surface area contributed by atoms with E-state index in [4.69, 9.17) is 0 Å². The second-order valence-corrected chi connectivity index (χ2v) is 8.44. The van der Waals surface area contributed by atoms with E-state index >= 15 is 0 Å². The lowest BCUT2D eigenvalue weighted by Crippen LogP contribution is -2.37. The van der Waals surface area contributed by atoms with Crippen LogP contribution in [0, 0.1) is 0 Å². The molecule has 0 saturated carbocycles. The Morgan fingerprint density at radius 3 is 2.23 bits per heavy atom. The van der Waals surface area contributed by atoms with Gasteiger partial charge in [-0.1, -0.05) is 65.6 Å². The van der Waals surface area contributed by atoms with Crippen molar-refractivity contribution >= 4 is 51.7 Å². The Bertz CT molecular complexity index is 1110. The molecule has 0 atom stereocenters. The van der Waals surface area contributed by atoms with Crippen LogP contribution in [0.3, 0.4) is 0 Å². The molecule has 1 aromatic heterocycles. The number of anilines is 1. The second kappa shape index (κ2) is 8.56. The summed E-state index contributed by atoms with van der Waals surface area (Å²) in [6, 6.07) is 15.4. The SMILES string of the molecule is O=C(CN1C(=O)c2ccccc2C1=O)Nc1nnc(SCC(=O)c2ccccc2)s1. The van der Waals surface area contributed by atoms with Gasteiger partial charge in [0.15, 0.2) is 10.1 Å². The molecule has 3 aromatic rings. The van der Waals surface area contributed by atoms with Gasteiger partial charge in [0.2, 0.25) is 11.0 Å². The predicted octanol–water partition coefficient (Wildman–Crippen LogP) is 2.75. The van der Waals surface area contributed by atoms with Crippen molar-refractivity contribution in [1.29, 1.82) is 0 Å². The first-order valence-electron chi connectivity index (χ1n) is 8.82. The van der Waals surface area contributed by atoms with Gasteiger partial charge in [-0.25, -0.2) is 0 Å². The molecule has 8 nitrogen and oxygen atoms in total. The van der Waals surface area contributed by atoms with Crippen molar-refractivity contribution in [2.75, 3.05) is 17.6 Å². The average molecular weight is 438 g/mol. The van der Waals surface area contributed by atoms with Gasteiger partial charge in [0, 0.05) is 5.56 Å². The molecule has 30 heavy (non-hydrogen) atoms. The topological polar surface area (TPSA) is 109 Å². The number of Topliss-reactive ketones (excluding diaryl/α,β-unsaturated/α-hetero) is 1. The molecule has 10 heteroatoms. The predicted molar refractivity (Wildman–Crippen MR) is 112 cm³/mol. The maximum atomic E-state index is 12.3. The number of carbonyl (C=O) groups excluding carboxylic acids is 4. The highest BCUT2D eigenvalue weighted by molar-refractivity contribution is 8.01. The number of benzene rings is 2. The first-order chi connectivity index (χ1) is 14.5. The number of hydrogen-bond acceptors (Lipinski definition) is 8. The summed E-state index contributed by atoms with van der Waals surface area (Å²) in [6.07, 6.45) is 0. The summed E-state index contributed by atoms with van der Waals surface area (Å²) >= 11 is 2.34. The number of nitrogens with one attached hydrogen (secondary N) is 1. The number of imide groups is 1. The van der Waals surface area contributed by atoms with Crippen molar-refractivity contribution in [2.45, 2.75) is 4.34 Å². The van der Waals surface area contributed by atoms with Crippen LogP contribution in [-0.4, -0.2) is 50.9 Å². The van der Waals surface area contributed by atoms with Gasteiger partial charge >= 0.3 is 0 Å². The van der Waals surface area contributed by atoms with Crippen molar-refractivity contribution < 1.29 is 19.2 Å². The molecule has 2 aromatic carbocycles. The summed E-state index contributed by atoms with van der Waals surface area (Å²) in [5.41, 5.74) is 1.19. The molecule has 1 aliphatic rings. The number of rotatable bonds is 7. The third-order valence-electron chi connectivity index (χ3n) is 4.26. The normalized spacial score (nSPS) is 12.7. The molecule has 0 fully saturated rings. The van der Waals surface area contributed by atoms with Crippen LogP contribution in [0.4, 0.5) is 5.13 Å². The van der Waals surface area contributed by atoms with E-state index in [1.54, 1.807) is 48.5 Å². The molecular formula is C20H14N4O4S2. The van der Waals surface area contributed by atoms with Gasteiger partial charge in [0.25, 0.3) is 11.8 Å². The minimum absolute atomic E-state index is 0.0352. The molecule has 0 bridgehead atoms. The Labute approximate surface area is 179 Å². The Morgan fingerprint density at radius 1 is 0.933 bits per heavy atom. The van der Waals surface area contributed by atoms with E-state index in [1.165, 1.54) is 11.8 Å². The standard InChI is InChI=1S/C20H14N4O4S2/c25-15(12-6-2-1-3-7-12)11-29-20-23-22-19(30-20)21-16(26)10-24-17(27)13-8-4-5-9-14(13)18(24)28/h1-9H,10-11H2,(H,21,22,26). The highest BCUT2D eigenvalue weighted by Gasteiger charge is 2.36. The van der Waals surface area contributed by atoms with Gasteiger partial charge in [-0.2, -0.15) is 0 Å². The molecule has 0 unspecified atom stereocenters. The fourth-order valence-corrected chi connectivity index (χ4v) is 4.50. The third kappa shape index (κ3) is 4.14. The number of carbonyl (C=O) groups is 4. The quantitative estimate of drug-likeness (QED) is 0.261. The van der Waals surface area contributed by atoms with Crippen LogP contribution in [0.1, 0.15) is 31.1 Å². The molecule has 4 rings (SSSR count). The molecule has 0 aliphatic carbocycles. The lowest BCUT2D eigenvalue weighted by atomic mass is 10.1. The van der Waals surface area contributed by atoms with Crippen molar-refractivity contribution in [3.63, 3.8) is 0 Å². The monoisotopic (exact) mass is 438 g/mol. The Balaban J connectivity index is 1.32. The van der Waals surface area contributed by atoms with E-state index in [-0.39, 0.29) is 27.8 Å². The largest absolute Gasteiger partial charge is 0.299 e. The molecular weight excluding hydrogens is 424 g/mol. The lowest BCUT2D eigenvalue weighted by molar-refractivity contribution is -0.116. The molecule has 3 amide bonds. The van der Waals surface area contributed by atoms with Crippen LogP contribution in [0.25, 0.3) is 0 Å². The molecule has 2 heterocycles. The number of hydrogen-bond donors (Lipinski definition) is 1. The smallest absolute Gasteiger partial charge is 0.262 e. The zero-order valence-corrected chi connectivity index (χ0v) is 17.0. The lowest BCUT2D eigenvalue weighted by Gasteiger charge is -2.12. The zero-order valence-electron chi connectivity index (χ0n) is 15.4. The van der Waals surface area contributed by atoms with Gasteiger partial charge in [-0.3, -0.25) is 29.4 Å². The van der Waals surface area contributed by atoms with Crippen LogP contribution in [0.2, 0.25) is 0 Å². The third-order valence-corrected chi connectivity index (χ3v) is 6.23. The Hall–Kier alpha value is -3.37. The van der Waals surface area contributed by atoms with E-state index < -0.39 is 24.3 Å². The number of fused-ring (bicyclic) bond motifs is 1. The van der Waals surface area contributed by atoms with E-state index in [2.05, 4.69) is 15.5 Å². The van der Waals surface area contributed by atoms with Crippen molar-refractivity contribution in [3.05, 3.63) is 71.3 Å². The number of ketones is 1. The average Bonchev–Trinajstić information content (AvgIpc) is 3.31. The second-order valence-electron chi connectivity index (χ2n) is 6.24. The summed E-state index contributed by atoms with van der Waals surface area (Å²) in [7, 11) is 0. The van der Waals surface area contributed by atoms with Gasteiger partial charge in [0.05, 0.1) is 16.9 Å². The van der Waals surface area contributed by atoms with Gasteiger partial charge in [0.1, 0.15) is 6.54 Å². The fourth-order valence-electron chi connectivity index (χ4n) is 2.84. The molecule has 1 aliphatic heterocycles. The first-order valence-corrected chi connectivity index (χ1v) is 10.6. The summed E-state index contributed by atoms with van der Waals surface area (Å²) in [5, 5.41) is 10.6. The first kappa shape index (κ1) is 19.9. The van der Waals surface area contributed by atoms with Crippen molar-refractivity contribution in [2.24, 2.45) is 0 Å². The highest BCUT2D eigenvalue weighted by atomic mass is 32.2. The van der Waals surface area contributed by atoms with Crippen LogP contribution < -0.4 is 5.32 Å². The zero-order chi connectivity index (χ0) is 21.1.